The Kier molecular flexibility index (Phi) is 8.10. The first-order valence-corrected chi connectivity index (χ1v) is 12.5. The number of likely N-dealkylation sites (tertiary alicyclic amines) is 1. The molecule has 3 aromatic rings. The van der Waals surface area contributed by atoms with Crippen molar-refractivity contribution in [2.75, 3.05) is 19.6 Å². The molecule has 0 N–H and O–H groups in total. The van der Waals surface area contributed by atoms with E-state index in [2.05, 4.69) is 41.1 Å². The number of hydrogen-bond donors (Lipinski definition) is 0. The molecule has 4 rings (SSSR count). The van der Waals surface area contributed by atoms with Crippen molar-refractivity contribution in [3.63, 3.8) is 0 Å². The summed E-state index contributed by atoms with van der Waals surface area (Å²) in [5.41, 5.74) is 4.70. The van der Waals surface area contributed by atoms with Crippen molar-refractivity contribution in [2.45, 2.75) is 39.8 Å². The van der Waals surface area contributed by atoms with E-state index < -0.39 is 0 Å². The third-order valence-electron chi connectivity index (χ3n) is 6.93. The summed E-state index contributed by atoms with van der Waals surface area (Å²) >= 11 is 0. The predicted octanol–water partition coefficient (Wildman–Crippen LogP) is 5.20. The van der Waals surface area contributed by atoms with Gasteiger partial charge in [-0.2, -0.15) is 0 Å². The number of rotatable bonds is 9. The lowest BCUT2D eigenvalue weighted by atomic mass is 9.88. The van der Waals surface area contributed by atoms with Crippen LogP contribution in [0.4, 0.5) is 5.69 Å². The molecule has 0 saturated carbocycles. The van der Waals surface area contributed by atoms with E-state index in [4.69, 9.17) is 0 Å². The molecule has 0 aliphatic carbocycles. The molecule has 0 bridgehead atoms. The van der Waals surface area contributed by atoms with Crippen molar-refractivity contribution in [1.29, 1.82) is 0 Å². The Morgan fingerprint density at radius 3 is 2.42 bits per heavy atom. The van der Waals surface area contributed by atoms with Crippen molar-refractivity contribution in [3.05, 3.63) is 105 Å². The summed E-state index contributed by atoms with van der Waals surface area (Å²) in [4.78, 5) is 32.5. The van der Waals surface area contributed by atoms with Crippen LogP contribution < -0.4 is 0 Å². The second kappa shape index (κ2) is 11.4. The molecule has 2 heterocycles. The molecule has 2 atom stereocenters. The fourth-order valence-electron chi connectivity index (χ4n) is 5.04. The minimum absolute atomic E-state index is 0.0860. The maximum absolute atomic E-state index is 13.2. The van der Waals surface area contributed by atoms with E-state index in [1.54, 1.807) is 18.3 Å². The average molecular weight is 487 g/mol. The lowest BCUT2D eigenvalue weighted by molar-refractivity contribution is -0.384. The number of carbonyl (C=O) groups is 1. The molecule has 2 unspecified atom stereocenters. The van der Waals surface area contributed by atoms with Gasteiger partial charge in [0.05, 0.1) is 4.92 Å². The van der Waals surface area contributed by atoms with E-state index in [-0.39, 0.29) is 28.4 Å². The van der Waals surface area contributed by atoms with Gasteiger partial charge in [-0.15, -0.1) is 0 Å². The molecule has 36 heavy (non-hydrogen) atoms. The molecule has 1 aliphatic rings. The van der Waals surface area contributed by atoms with Gasteiger partial charge in [0.2, 0.25) is 5.91 Å². The Morgan fingerprint density at radius 1 is 1.08 bits per heavy atom. The van der Waals surface area contributed by atoms with Crippen molar-refractivity contribution in [3.8, 4) is 0 Å². The Morgan fingerprint density at radius 2 is 1.81 bits per heavy atom. The van der Waals surface area contributed by atoms with Crippen LogP contribution in [0.3, 0.4) is 0 Å². The smallest absolute Gasteiger partial charge is 0.269 e. The van der Waals surface area contributed by atoms with Crippen LogP contribution in [0.25, 0.3) is 0 Å². The Labute approximate surface area is 212 Å². The molecular weight excluding hydrogens is 452 g/mol. The maximum Gasteiger partial charge on any atom is 0.269 e. The molecule has 1 saturated heterocycles. The fourth-order valence-corrected chi connectivity index (χ4v) is 5.04. The zero-order chi connectivity index (χ0) is 25.7. The molecule has 1 fully saturated rings. The number of nitro benzene ring substituents is 1. The van der Waals surface area contributed by atoms with Crippen molar-refractivity contribution < 1.29 is 9.72 Å². The summed E-state index contributed by atoms with van der Waals surface area (Å²) < 4.78 is 0. The SMILES string of the molecule is Cc1ccc(C2CN(Cc3ccc([N+](=O)[O-])cc3)CC2CN(Cc2cccnc2)C(=O)C(C)C)cc1. The first-order chi connectivity index (χ1) is 17.3. The lowest BCUT2D eigenvalue weighted by Crippen LogP contribution is -2.39. The molecule has 2 aromatic carbocycles. The van der Waals surface area contributed by atoms with Crippen LogP contribution in [-0.2, 0) is 17.9 Å². The highest BCUT2D eigenvalue weighted by Crippen LogP contribution is 2.35. The first-order valence-electron chi connectivity index (χ1n) is 12.5. The van der Waals surface area contributed by atoms with Crippen LogP contribution in [-0.4, -0.2) is 45.2 Å². The molecular formula is C29H34N4O3. The van der Waals surface area contributed by atoms with Crippen LogP contribution >= 0.6 is 0 Å². The second-order valence-corrected chi connectivity index (χ2v) is 10.1. The van der Waals surface area contributed by atoms with Gasteiger partial charge in [0.25, 0.3) is 5.69 Å². The van der Waals surface area contributed by atoms with E-state index >= 15 is 0 Å². The molecule has 0 radical (unpaired) electrons. The van der Waals surface area contributed by atoms with Gasteiger partial charge in [0.15, 0.2) is 0 Å². The molecule has 1 aromatic heterocycles. The van der Waals surface area contributed by atoms with Gasteiger partial charge in [-0.25, -0.2) is 0 Å². The second-order valence-electron chi connectivity index (χ2n) is 10.1. The normalized spacial score (nSPS) is 17.9. The monoisotopic (exact) mass is 486 g/mol. The van der Waals surface area contributed by atoms with Crippen LogP contribution in [0.2, 0.25) is 0 Å². The number of hydrogen-bond acceptors (Lipinski definition) is 5. The number of nitro groups is 1. The van der Waals surface area contributed by atoms with Gasteiger partial charge in [-0.3, -0.25) is 24.8 Å². The molecule has 7 heteroatoms. The quantitative estimate of drug-likeness (QED) is 0.307. The molecule has 0 spiro atoms. The maximum atomic E-state index is 13.2. The lowest BCUT2D eigenvalue weighted by Gasteiger charge is -2.30. The van der Waals surface area contributed by atoms with Crippen molar-refractivity contribution >= 4 is 11.6 Å². The van der Waals surface area contributed by atoms with Gasteiger partial charge in [0, 0.05) is 69.1 Å². The third-order valence-corrected chi connectivity index (χ3v) is 6.93. The Hall–Kier alpha value is -3.58. The van der Waals surface area contributed by atoms with Crippen molar-refractivity contribution in [2.24, 2.45) is 11.8 Å². The highest BCUT2D eigenvalue weighted by Gasteiger charge is 2.36. The zero-order valence-electron chi connectivity index (χ0n) is 21.2. The topological polar surface area (TPSA) is 79.6 Å². The Bertz CT molecular complexity index is 1160. The summed E-state index contributed by atoms with van der Waals surface area (Å²) in [5, 5.41) is 11.0. The van der Waals surface area contributed by atoms with Gasteiger partial charge < -0.3 is 4.90 Å². The summed E-state index contributed by atoms with van der Waals surface area (Å²) in [6.07, 6.45) is 3.58. The number of aromatic nitrogens is 1. The van der Waals surface area contributed by atoms with E-state index in [1.807, 2.05) is 49.2 Å². The van der Waals surface area contributed by atoms with Gasteiger partial charge >= 0.3 is 0 Å². The number of nitrogens with zero attached hydrogens (tertiary/aromatic N) is 4. The highest BCUT2D eigenvalue weighted by atomic mass is 16.6. The fraction of sp³-hybridized carbons (Fsp3) is 0.379. The Balaban J connectivity index is 1.56. The number of non-ortho nitro benzene ring substituents is 1. The zero-order valence-corrected chi connectivity index (χ0v) is 21.2. The average Bonchev–Trinajstić information content (AvgIpc) is 3.26. The van der Waals surface area contributed by atoms with Crippen molar-refractivity contribution in [1.82, 2.24) is 14.8 Å². The largest absolute Gasteiger partial charge is 0.338 e. The molecule has 1 aliphatic heterocycles. The number of benzene rings is 2. The van der Waals surface area contributed by atoms with Crippen LogP contribution in [0.15, 0.2) is 73.1 Å². The van der Waals surface area contributed by atoms with Gasteiger partial charge in [-0.05, 0) is 35.6 Å². The molecule has 188 valence electrons. The third kappa shape index (κ3) is 6.34. The minimum atomic E-state index is -0.369. The van der Waals surface area contributed by atoms with E-state index in [0.29, 0.717) is 19.0 Å². The van der Waals surface area contributed by atoms with Gasteiger partial charge in [0.1, 0.15) is 0 Å². The summed E-state index contributed by atoms with van der Waals surface area (Å²) in [6, 6.07) is 19.4. The van der Waals surface area contributed by atoms with Gasteiger partial charge in [-0.1, -0.05) is 61.9 Å². The number of aryl methyl sites for hydroxylation is 1. The van der Waals surface area contributed by atoms with Crippen LogP contribution in [0, 0.1) is 28.9 Å². The summed E-state index contributed by atoms with van der Waals surface area (Å²) in [7, 11) is 0. The van der Waals surface area contributed by atoms with Crippen LogP contribution in [0.1, 0.15) is 42.0 Å². The summed E-state index contributed by atoms with van der Waals surface area (Å²) in [6.45, 7) is 9.65. The standard InChI is InChI=1S/C29H34N4O3/c1-21(2)29(34)32(17-24-5-4-14-30-15-24)19-26-18-31(16-23-8-12-27(13-9-23)33(35)36)20-28(26)25-10-6-22(3)7-11-25/h4-15,21,26,28H,16-20H2,1-3H3. The van der Waals surface area contributed by atoms with E-state index in [9.17, 15) is 14.9 Å². The first kappa shape index (κ1) is 25.5. The number of pyridine rings is 1. The molecule has 1 amide bonds. The van der Waals surface area contributed by atoms with Crippen LogP contribution in [0.5, 0.6) is 0 Å². The predicted molar refractivity (Wildman–Crippen MR) is 140 cm³/mol. The molecule has 7 nitrogen and oxygen atoms in total. The van der Waals surface area contributed by atoms with E-state index in [0.717, 1.165) is 30.8 Å². The number of carbonyl (C=O) groups excluding carboxylic acids is 1. The highest BCUT2D eigenvalue weighted by molar-refractivity contribution is 5.78. The summed E-state index contributed by atoms with van der Waals surface area (Å²) in [5.74, 6) is 0.623. The van der Waals surface area contributed by atoms with E-state index in [1.165, 1.54) is 11.1 Å². The minimum Gasteiger partial charge on any atom is -0.338 e. The number of amides is 1.